The second-order valence-corrected chi connectivity index (χ2v) is 5.96. The number of fused-ring (bicyclic) bond motifs is 1. The summed E-state index contributed by atoms with van der Waals surface area (Å²) in [5.41, 5.74) is 7.90. The lowest BCUT2D eigenvalue weighted by Gasteiger charge is -2.27. The van der Waals surface area contributed by atoms with Crippen LogP contribution in [0.25, 0.3) is 0 Å². The van der Waals surface area contributed by atoms with Crippen LogP contribution in [0.2, 0.25) is 0 Å². The van der Waals surface area contributed by atoms with Gasteiger partial charge in [-0.1, -0.05) is 30.3 Å². The molecular formula is C20H24N2O4. The Bertz CT molecular complexity index is 776. The number of nitrogens with zero attached hydrogens (tertiary/aromatic N) is 1. The Balaban J connectivity index is 0.000000758. The van der Waals surface area contributed by atoms with Crippen molar-refractivity contribution in [3.05, 3.63) is 65.2 Å². The molecule has 1 heterocycles. The maximum Gasteiger partial charge on any atom is 0.255 e. The molecule has 26 heavy (non-hydrogen) atoms. The van der Waals surface area contributed by atoms with Crippen molar-refractivity contribution in [2.24, 2.45) is 5.73 Å². The molecule has 1 atom stereocenters. The Hall–Kier alpha value is -2.86. The second-order valence-electron chi connectivity index (χ2n) is 5.96. The van der Waals surface area contributed by atoms with E-state index in [0.29, 0.717) is 17.9 Å². The number of carbonyl (C=O) groups is 2. The minimum absolute atomic E-state index is 0.0744. The van der Waals surface area contributed by atoms with Crippen LogP contribution >= 0.6 is 0 Å². The van der Waals surface area contributed by atoms with E-state index in [4.69, 9.17) is 10.5 Å². The van der Waals surface area contributed by atoms with Gasteiger partial charge < -0.3 is 20.1 Å². The van der Waals surface area contributed by atoms with Crippen LogP contribution in [0.5, 0.6) is 5.75 Å². The molecule has 0 radical (unpaired) electrons. The maximum absolute atomic E-state index is 12.7. The summed E-state index contributed by atoms with van der Waals surface area (Å²) in [6.07, 6.45) is 0.0763. The van der Waals surface area contributed by atoms with Gasteiger partial charge in [0.15, 0.2) is 0 Å². The number of nitrogens with two attached hydrogens (primary N) is 1. The smallest absolute Gasteiger partial charge is 0.255 e. The third kappa shape index (κ3) is 4.40. The molecule has 1 aliphatic rings. The van der Waals surface area contributed by atoms with Crippen LogP contribution in [-0.4, -0.2) is 38.0 Å². The second kappa shape index (κ2) is 9.01. The molecule has 0 unspecified atom stereocenters. The predicted molar refractivity (Wildman–Crippen MR) is 98.8 cm³/mol. The number of hydrogen-bond donors (Lipinski definition) is 1. The molecule has 0 bridgehead atoms. The molecule has 0 aliphatic carbocycles. The standard InChI is InChI=1S/C18H18N2O3.C2H6O/c1-23-14-7-4-6-12(9-14)16(10-17(19)21)20-11-13-5-2-3-8-15(13)18(20)22;1-3-2/h2-9,16H,10-11H2,1H3,(H2,19,21);1-2H3/t16-;/m0./s1. The maximum atomic E-state index is 12.7. The van der Waals surface area contributed by atoms with Crippen LogP contribution in [0.15, 0.2) is 48.5 Å². The van der Waals surface area contributed by atoms with Crippen LogP contribution < -0.4 is 10.5 Å². The van der Waals surface area contributed by atoms with E-state index < -0.39 is 11.9 Å². The number of amides is 2. The van der Waals surface area contributed by atoms with Crippen molar-refractivity contribution in [2.45, 2.75) is 19.0 Å². The Kier molecular flexibility index (Phi) is 6.74. The van der Waals surface area contributed by atoms with E-state index in [2.05, 4.69) is 4.74 Å². The van der Waals surface area contributed by atoms with Gasteiger partial charge in [0.2, 0.25) is 5.91 Å². The number of rotatable bonds is 5. The Labute approximate surface area is 153 Å². The number of benzene rings is 2. The number of carbonyl (C=O) groups excluding carboxylic acids is 2. The third-order valence-electron chi connectivity index (χ3n) is 4.10. The summed E-state index contributed by atoms with van der Waals surface area (Å²) >= 11 is 0. The largest absolute Gasteiger partial charge is 0.497 e. The first-order valence-corrected chi connectivity index (χ1v) is 8.23. The highest BCUT2D eigenvalue weighted by molar-refractivity contribution is 5.98. The topological polar surface area (TPSA) is 81.9 Å². The highest BCUT2D eigenvalue weighted by Crippen LogP contribution is 2.34. The fraction of sp³-hybridized carbons (Fsp3) is 0.300. The monoisotopic (exact) mass is 356 g/mol. The summed E-state index contributed by atoms with van der Waals surface area (Å²) in [5, 5.41) is 0. The van der Waals surface area contributed by atoms with E-state index in [1.54, 1.807) is 26.2 Å². The van der Waals surface area contributed by atoms with Gasteiger partial charge in [0.05, 0.1) is 19.6 Å². The van der Waals surface area contributed by atoms with Crippen molar-refractivity contribution in [3.8, 4) is 5.75 Å². The van der Waals surface area contributed by atoms with E-state index in [1.807, 2.05) is 48.5 Å². The van der Waals surface area contributed by atoms with E-state index in [-0.39, 0.29) is 12.3 Å². The normalized spacial score (nSPS) is 13.5. The van der Waals surface area contributed by atoms with Crippen molar-refractivity contribution in [1.29, 1.82) is 0 Å². The van der Waals surface area contributed by atoms with Crippen molar-refractivity contribution in [1.82, 2.24) is 4.90 Å². The lowest BCUT2D eigenvalue weighted by Crippen LogP contribution is -2.32. The van der Waals surface area contributed by atoms with E-state index in [9.17, 15) is 9.59 Å². The fourth-order valence-corrected chi connectivity index (χ4v) is 2.98. The molecule has 0 saturated heterocycles. The minimum Gasteiger partial charge on any atom is -0.497 e. The van der Waals surface area contributed by atoms with E-state index in [0.717, 1.165) is 11.1 Å². The van der Waals surface area contributed by atoms with Crippen LogP contribution in [0, 0.1) is 0 Å². The number of ether oxygens (including phenoxy) is 2. The molecule has 2 aromatic rings. The summed E-state index contributed by atoms with van der Waals surface area (Å²) in [4.78, 5) is 25.9. The molecule has 138 valence electrons. The van der Waals surface area contributed by atoms with Crippen molar-refractivity contribution < 1.29 is 19.1 Å². The first-order chi connectivity index (χ1) is 12.5. The van der Waals surface area contributed by atoms with Crippen LogP contribution in [-0.2, 0) is 16.1 Å². The van der Waals surface area contributed by atoms with Gasteiger partial charge in [0.25, 0.3) is 5.91 Å². The molecule has 0 fully saturated rings. The molecule has 6 heteroatoms. The predicted octanol–water partition coefficient (Wildman–Crippen LogP) is 2.53. The van der Waals surface area contributed by atoms with Gasteiger partial charge in [-0.25, -0.2) is 0 Å². The molecule has 0 aromatic heterocycles. The van der Waals surface area contributed by atoms with E-state index in [1.165, 1.54) is 0 Å². The van der Waals surface area contributed by atoms with Crippen molar-refractivity contribution in [3.63, 3.8) is 0 Å². The first-order valence-electron chi connectivity index (χ1n) is 8.23. The molecule has 1 aliphatic heterocycles. The van der Waals surface area contributed by atoms with Crippen LogP contribution in [0.4, 0.5) is 0 Å². The Morgan fingerprint density at radius 1 is 1.15 bits per heavy atom. The summed E-state index contributed by atoms with van der Waals surface area (Å²) in [7, 11) is 4.83. The number of methoxy groups -OCH3 is 2. The Morgan fingerprint density at radius 2 is 1.85 bits per heavy atom. The number of hydrogen-bond acceptors (Lipinski definition) is 4. The highest BCUT2D eigenvalue weighted by atomic mass is 16.5. The molecule has 3 rings (SSSR count). The average molecular weight is 356 g/mol. The Morgan fingerprint density at radius 3 is 2.46 bits per heavy atom. The number of primary amides is 1. The quantitative estimate of drug-likeness (QED) is 0.892. The molecule has 2 N–H and O–H groups in total. The van der Waals surface area contributed by atoms with Gasteiger partial charge in [-0.15, -0.1) is 0 Å². The molecular weight excluding hydrogens is 332 g/mol. The minimum atomic E-state index is -0.443. The molecule has 6 nitrogen and oxygen atoms in total. The zero-order valence-electron chi connectivity index (χ0n) is 15.3. The van der Waals surface area contributed by atoms with Crippen LogP contribution in [0.1, 0.15) is 33.9 Å². The summed E-state index contributed by atoms with van der Waals surface area (Å²) in [6, 6.07) is 14.5. The van der Waals surface area contributed by atoms with Gasteiger partial charge in [0.1, 0.15) is 5.75 Å². The zero-order chi connectivity index (χ0) is 19.1. The lowest BCUT2D eigenvalue weighted by atomic mass is 10.0. The van der Waals surface area contributed by atoms with Gasteiger partial charge in [0, 0.05) is 26.3 Å². The van der Waals surface area contributed by atoms with Crippen molar-refractivity contribution >= 4 is 11.8 Å². The van der Waals surface area contributed by atoms with Gasteiger partial charge in [-0.3, -0.25) is 9.59 Å². The zero-order valence-corrected chi connectivity index (χ0v) is 15.3. The van der Waals surface area contributed by atoms with Gasteiger partial charge >= 0.3 is 0 Å². The third-order valence-corrected chi connectivity index (χ3v) is 4.10. The summed E-state index contributed by atoms with van der Waals surface area (Å²) in [5.74, 6) is 0.164. The molecule has 0 saturated carbocycles. The lowest BCUT2D eigenvalue weighted by molar-refractivity contribution is -0.119. The summed E-state index contributed by atoms with van der Waals surface area (Å²) < 4.78 is 9.49. The molecule has 0 spiro atoms. The SMILES string of the molecule is COC.COc1cccc([C@H](CC(N)=O)N2Cc3ccccc3C2=O)c1. The highest BCUT2D eigenvalue weighted by Gasteiger charge is 2.34. The van der Waals surface area contributed by atoms with Gasteiger partial charge in [-0.2, -0.15) is 0 Å². The summed E-state index contributed by atoms with van der Waals surface area (Å²) in [6.45, 7) is 0.476. The molecule has 2 aromatic carbocycles. The fourth-order valence-electron chi connectivity index (χ4n) is 2.98. The average Bonchev–Trinajstić information content (AvgIpc) is 2.97. The van der Waals surface area contributed by atoms with Gasteiger partial charge in [-0.05, 0) is 29.3 Å². The first kappa shape index (κ1) is 19.5. The molecule has 2 amide bonds. The van der Waals surface area contributed by atoms with Crippen molar-refractivity contribution in [2.75, 3.05) is 21.3 Å². The van der Waals surface area contributed by atoms with E-state index >= 15 is 0 Å². The van der Waals surface area contributed by atoms with Crippen LogP contribution in [0.3, 0.4) is 0 Å².